The number of H-pyrrole nitrogens is 1. The minimum absolute atomic E-state index is 0.116. The molecule has 0 radical (unpaired) electrons. The minimum atomic E-state index is 0.116. The van der Waals surface area contributed by atoms with E-state index >= 15 is 0 Å². The molecule has 7 heteroatoms. The number of rotatable bonds is 5. The van der Waals surface area contributed by atoms with Crippen LogP contribution in [0.15, 0.2) is 18.5 Å². The molecule has 0 aliphatic heterocycles. The van der Waals surface area contributed by atoms with Gasteiger partial charge in [-0.05, 0) is 38.8 Å². The predicted molar refractivity (Wildman–Crippen MR) is 86.7 cm³/mol. The first kappa shape index (κ1) is 15.4. The van der Waals surface area contributed by atoms with Crippen LogP contribution in [0.25, 0.3) is 22.8 Å². The number of hydrogen-bond donors (Lipinski definition) is 2. The molecule has 0 bridgehead atoms. The molecule has 23 heavy (non-hydrogen) atoms. The van der Waals surface area contributed by atoms with Crippen molar-refractivity contribution in [2.75, 3.05) is 6.61 Å². The van der Waals surface area contributed by atoms with Crippen LogP contribution in [0, 0.1) is 20.8 Å². The Labute approximate surface area is 134 Å². The molecule has 2 N–H and O–H groups in total. The quantitative estimate of drug-likeness (QED) is 0.752. The molecule has 0 spiro atoms. The van der Waals surface area contributed by atoms with E-state index in [1.54, 1.807) is 6.20 Å². The van der Waals surface area contributed by atoms with Gasteiger partial charge in [0, 0.05) is 36.3 Å². The summed E-state index contributed by atoms with van der Waals surface area (Å²) in [6, 6.07) is 2.03. The summed E-state index contributed by atoms with van der Waals surface area (Å²) in [4.78, 5) is 9.08. The summed E-state index contributed by atoms with van der Waals surface area (Å²) in [5, 5.41) is 20.7. The molecule has 3 aromatic heterocycles. The molecule has 0 fully saturated rings. The van der Waals surface area contributed by atoms with E-state index in [2.05, 4.69) is 20.3 Å². The number of nitrogens with zero attached hydrogens (tertiary/aromatic N) is 5. The van der Waals surface area contributed by atoms with Crippen LogP contribution in [-0.4, -0.2) is 41.7 Å². The molecule has 0 aliphatic carbocycles. The third kappa shape index (κ3) is 3.00. The average molecular weight is 312 g/mol. The van der Waals surface area contributed by atoms with E-state index in [0.29, 0.717) is 18.8 Å². The molecule has 3 rings (SSSR count). The number of aromatic amines is 1. The van der Waals surface area contributed by atoms with Crippen molar-refractivity contribution >= 4 is 0 Å². The molecule has 120 valence electrons. The van der Waals surface area contributed by atoms with E-state index in [-0.39, 0.29) is 6.61 Å². The third-order valence-electron chi connectivity index (χ3n) is 3.76. The molecule has 0 amide bonds. The van der Waals surface area contributed by atoms with Gasteiger partial charge >= 0.3 is 0 Å². The number of nitrogens with one attached hydrogen (secondary N) is 1. The highest BCUT2D eigenvalue weighted by Gasteiger charge is 2.17. The van der Waals surface area contributed by atoms with Crippen molar-refractivity contribution in [1.82, 2.24) is 29.9 Å². The van der Waals surface area contributed by atoms with E-state index in [1.165, 1.54) is 0 Å². The number of aliphatic hydroxyl groups is 1. The summed E-state index contributed by atoms with van der Waals surface area (Å²) in [5.41, 5.74) is 4.83. The summed E-state index contributed by atoms with van der Waals surface area (Å²) < 4.78 is 1.83. The Morgan fingerprint density at radius 1 is 1.17 bits per heavy atom. The standard InChI is InChI=1S/C16H20N6O/c1-10-7-11(2)17-8-13(10)16-19-15(14-9-18-20-12(14)3)21-22(16)5-4-6-23/h7-9,23H,4-6H2,1-3H3,(H,18,20). The molecule has 0 aliphatic rings. The van der Waals surface area contributed by atoms with Gasteiger partial charge in [-0.3, -0.25) is 10.1 Å². The Morgan fingerprint density at radius 3 is 2.65 bits per heavy atom. The first-order valence-electron chi connectivity index (χ1n) is 7.60. The van der Waals surface area contributed by atoms with Crippen LogP contribution < -0.4 is 0 Å². The molecular formula is C16H20N6O. The number of aliphatic hydroxyl groups excluding tert-OH is 1. The third-order valence-corrected chi connectivity index (χ3v) is 3.76. The Bertz CT molecular complexity index is 820. The molecular weight excluding hydrogens is 292 g/mol. The maximum absolute atomic E-state index is 9.13. The molecule has 3 heterocycles. The van der Waals surface area contributed by atoms with E-state index in [0.717, 1.165) is 33.9 Å². The highest BCUT2D eigenvalue weighted by molar-refractivity contribution is 5.64. The van der Waals surface area contributed by atoms with Crippen molar-refractivity contribution in [2.24, 2.45) is 0 Å². The van der Waals surface area contributed by atoms with Crippen LogP contribution in [0.4, 0.5) is 0 Å². The lowest BCUT2D eigenvalue weighted by Gasteiger charge is -2.07. The summed E-state index contributed by atoms with van der Waals surface area (Å²) in [6.07, 6.45) is 4.18. The number of aromatic nitrogens is 6. The molecule has 0 saturated carbocycles. The topological polar surface area (TPSA) is 92.5 Å². The van der Waals surface area contributed by atoms with Crippen LogP contribution in [0.2, 0.25) is 0 Å². The monoisotopic (exact) mass is 312 g/mol. The molecule has 0 unspecified atom stereocenters. The number of pyridine rings is 1. The van der Waals surface area contributed by atoms with Crippen LogP contribution in [0.3, 0.4) is 0 Å². The lowest BCUT2D eigenvalue weighted by molar-refractivity contribution is 0.277. The highest BCUT2D eigenvalue weighted by atomic mass is 16.3. The van der Waals surface area contributed by atoms with Gasteiger partial charge in [0.2, 0.25) is 0 Å². The average Bonchev–Trinajstić information content (AvgIpc) is 3.11. The largest absolute Gasteiger partial charge is 0.396 e. The Morgan fingerprint density at radius 2 is 2.00 bits per heavy atom. The molecule has 0 atom stereocenters. The zero-order valence-electron chi connectivity index (χ0n) is 13.5. The highest BCUT2D eigenvalue weighted by Crippen LogP contribution is 2.26. The van der Waals surface area contributed by atoms with Gasteiger partial charge in [-0.1, -0.05) is 0 Å². The van der Waals surface area contributed by atoms with E-state index in [1.807, 2.05) is 37.7 Å². The maximum Gasteiger partial charge on any atom is 0.185 e. The second-order valence-electron chi connectivity index (χ2n) is 5.61. The Balaban J connectivity index is 2.10. The first-order chi connectivity index (χ1) is 11.1. The van der Waals surface area contributed by atoms with Crippen LogP contribution in [-0.2, 0) is 6.54 Å². The van der Waals surface area contributed by atoms with Gasteiger partial charge in [-0.15, -0.1) is 0 Å². The first-order valence-corrected chi connectivity index (χ1v) is 7.60. The van der Waals surface area contributed by atoms with E-state index in [9.17, 15) is 0 Å². The number of aryl methyl sites for hydroxylation is 4. The Kier molecular flexibility index (Phi) is 4.20. The summed E-state index contributed by atoms with van der Waals surface area (Å²) in [5.74, 6) is 1.39. The second kappa shape index (κ2) is 6.29. The van der Waals surface area contributed by atoms with Gasteiger partial charge in [0.15, 0.2) is 11.6 Å². The number of hydrogen-bond acceptors (Lipinski definition) is 5. The molecule has 0 saturated heterocycles. The van der Waals surface area contributed by atoms with Crippen molar-refractivity contribution in [3.05, 3.63) is 35.4 Å². The normalized spacial score (nSPS) is 11.1. The smallest absolute Gasteiger partial charge is 0.185 e. The van der Waals surface area contributed by atoms with Crippen molar-refractivity contribution in [1.29, 1.82) is 0 Å². The zero-order valence-corrected chi connectivity index (χ0v) is 13.5. The fourth-order valence-corrected chi connectivity index (χ4v) is 2.54. The van der Waals surface area contributed by atoms with Gasteiger partial charge in [-0.2, -0.15) is 10.2 Å². The van der Waals surface area contributed by atoms with Gasteiger partial charge in [-0.25, -0.2) is 9.67 Å². The summed E-state index contributed by atoms with van der Waals surface area (Å²) in [7, 11) is 0. The van der Waals surface area contributed by atoms with Crippen molar-refractivity contribution in [3.8, 4) is 22.8 Å². The van der Waals surface area contributed by atoms with Gasteiger partial charge in [0.1, 0.15) is 0 Å². The van der Waals surface area contributed by atoms with Gasteiger partial charge in [0.25, 0.3) is 0 Å². The molecule has 7 nitrogen and oxygen atoms in total. The van der Waals surface area contributed by atoms with Crippen molar-refractivity contribution in [2.45, 2.75) is 33.7 Å². The fraction of sp³-hybridized carbons (Fsp3) is 0.375. The molecule has 3 aromatic rings. The van der Waals surface area contributed by atoms with Crippen LogP contribution >= 0.6 is 0 Å². The maximum atomic E-state index is 9.13. The summed E-state index contributed by atoms with van der Waals surface area (Å²) in [6.45, 7) is 6.66. The SMILES string of the molecule is Cc1cc(C)c(-c2nc(-c3cn[nH]c3C)nn2CCCO)cn1. The molecule has 0 aromatic carbocycles. The van der Waals surface area contributed by atoms with Crippen molar-refractivity contribution < 1.29 is 5.11 Å². The zero-order chi connectivity index (χ0) is 16.4. The minimum Gasteiger partial charge on any atom is -0.396 e. The van der Waals surface area contributed by atoms with Crippen LogP contribution in [0.1, 0.15) is 23.4 Å². The van der Waals surface area contributed by atoms with Gasteiger partial charge < -0.3 is 5.11 Å². The predicted octanol–water partition coefficient (Wildman–Crippen LogP) is 2.04. The lowest BCUT2D eigenvalue weighted by atomic mass is 10.1. The van der Waals surface area contributed by atoms with Crippen molar-refractivity contribution in [3.63, 3.8) is 0 Å². The summed E-state index contributed by atoms with van der Waals surface area (Å²) >= 11 is 0. The van der Waals surface area contributed by atoms with Gasteiger partial charge in [0.05, 0.1) is 11.8 Å². The van der Waals surface area contributed by atoms with E-state index in [4.69, 9.17) is 10.1 Å². The fourth-order valence-electron chi connectivity index (χ4n) is 2.54. The van der Waals surface area contributed by atoms with Crippen LogP contribution in [0.5, 0.6) is 0 Å². The Hall–Kier alpha value is -2.54. The second-order valence-corrected chi connectivity index (χ2v) is 5.61. The van der Waals surface area contributed by atoms with E-state index < -0.39 is 0 Å². The lowest BCUT2D eigenvalue weighted by Crippen LogP contribution is -2.05.